The number of fused-ring (bicyclic) bond motifs is 1. The summed E-state index contributed by atoms with van der Waals surface area (Å²) in [7, 11) is 0. The molecule has 148 valence electrons. The van der Waals surface area contributed by atoms with Gasteiger partial charge in [0.1, 0.15) is 11.1 Å². The number of nitrogens with zero attached hydrogens (tertiary/aromatic N) is 2. The van der Waals surface area contributed by atoms with Gasteiger partial charge in [-0.25, -0.2) is 9.78 Å². The maximum atomic E-state index is 12.5. The number of hydrogen-bond acceptors (Lipinski definition) is 5. The van der Waals surface area contributed by atoms with E-state index < -0.39 is 5.63 Å². The lowest BCUT2D eigenvalue weighted by molar-refractivity contribution is 0.563. The van der Waals surface area contributed by atoms with Gasteiger partial charge < -0.3 is 4.42 Å². The lowest BCUT2D eigenvalue weighted by Crippen LogP contribution is -2.03. The number of nitriles is 1. The first-order valence-corrected chi connectivity index (χ1v) is 10.7. The summed E-state index contributed by atoms with van der Waals surface area (Å²) in [5.41, 5.74) is 1.32. The average molecular weight is 494 g/mol. The second-order valence-electron chi connectivity index (χ2n) is 6.13. The standard InChI is InChI=1S/C21H8Cl4N2O2S/c22-13-5-11-6-14(21(28)29-19(11)17(25)7-13)18-9-30-20(27-18)12(8-26)3-10-1-2-15(23)16(24)4-10/h1-7,9H. The zero-order valence-corrected chi connectivity index (χ0v) is 18.6. The lowest BCUT2D eigenvalue weighted by atomic mass is 10.1. The van der Waals surface area contributed by atoms with Gasteiger partial charge in [0, 0.05) is 15.8 Å². The Morgan fingerprint density at radius 2 is 1.87 bits per heavy atom. The summed E-state index contributed by atoms with van der Waals surface area (Å²) in [5, 5.41) is 13.8. The van der Waals surface area contributed by atoms with Crippen LogP contribution in [0.2, 0.25) is 20.1 Å². The van der Waals surface area contributed by atoms with Crippen LogP contribution in [-0.4, -0.2) is 4.98 Å². The highest BCUT2D eigenvalue weighted by atomic mass is 35.5. The van der Waals surface area contributed by atoms with Crippen molar-refractivity contribution in [3.05, 3.63) is 82.9 Å². The van der Waals surface area contributed by atoms with Crippen LogP contribution in [0, 0.1) is 11.3 Å². The molecule has 0 aliphatic carbocycles. The maximum Gasteiger partial charge on any atom is 0.345 e. The SMILES string of the molecule is N#CC(=Cc1ccc(Cl)c(Cl)c1)c1nc(-c2cc3cc(Cl)cc(Cl)c3oc2=O)cs1. The minimum Gasteiger partial charge on any atom is -0.421 e. The number of aromatic nitrogens is 1. The number of hydrogen-bond donors (Lipinski definition) is 0. The molecule has 0 fully saturated rings. The van der Waals surface area contributed by atoms with Crippen molar-refractivity contribution < 1.29 is 4.42 Å². The average Bonchev–Trinajstić information content (AvgIpc) is 3.18. The van der Waals surface area contributed by atoms with Gasteiger partial charge in [-0.15, -0.1) is 11.3 Å². The quantitative estimate of drug-likeness (QED) is 0.217. The van der Waals surface area contributed by atoms with E-state index in [0.29, 0.717) is 42.3 Å². The summed E-state index contributed by atoms with van der Waals surface area (Å²) in [6.07, 6.45) is 1.65. The number of allylic oxidation sites excluding steroid dienone is 1. The van der Waals surface area contributed by atoms with E-state index in [1.165, 1.54) is 17.4 Å². The first-order chi connectivity index (χ1) is 14.4. The molecule has 0 unspecified atom stereocenters. The van der Waals surface area contributed by atoms with Crippen LogP contribution in [0.5, 0.6) is 0 Å². The van der Waals surface area contributed by atoms with Crippen molar-refractivity contribution in [2.24, 2.45) is 0 Å². The van der Waals surface area contributed by atoms with E-state index in [0.717, 1.165) is 0 Å². The minimum absolute atomic E-state index is 0.246. The summed E-state index contributed by atoms with van der Waals surface area (Å²) in [4.78, 5) is 16.9. The number of thiazole rings is 1. The number of rotatable bonds is 3. The smallest absolute Gasteiger partial charge is 0.345 e. The van der Waals surface area contributed by atoms with Crippen LogP contribution < -0.4 is 5.63 Å². The first kappa shape index (κ1) is 20.9. The molecule has 0 N–H and O–H groups in total. The minimum atomic E-state index is -0.587. The van der Waals surface area contributed by atoms with E-state index in [4.69, 9.17) is 50.8 Å². The fourth-order valence-corrected chi connectivity index (χ4v) is 4.41. The van der Waals surface area contributed by atoms with Crippen LogP contribution in [0.1, 0.15) is 10.6 Å². The van der Waals surface area contributed by atoms with Crippen molar-refractivity contribution in [2.75, 3.05) is 0 Å². The van der Waals surface area contributed by atoms with Gasteiger partial charge in [-0.2, -0.15) is 5.26 Å². The third-order valence-corrected chi connectivity index (χ3v) is 6.25. The topological polar surface area (TPSA) is 66.9 Å². The van der Waals surface area contributed by atoms with Crippen LogP contribution in [-0.2, 0) is 0 Å². The van der Waals surface area contributed by atoms with Crippen molar-refractivity contribution in [3.63, 3.8) is 0 Å². The molecule has 2 aromatic heterocycles. The molecule has 0 aliphatic rings. The molecular formula is C21H8Cl4N2O2S. The molecule has 30 heavy (non-hydrogen) atoms. The zero-order chi connectivity index (χ0) is 21.4. The molecule has 0 saturated heterocycles. The van der Waals surface area contributed by atoms with E-state index in [1.54, 1.807) is 41.8 Å². The third kappa shape index (κ3) is 4.11. The largest absolute Gasteiger partial charge is 0.421 e. The van der Waals surface area contributed by atoms with Gasteiger partial charge in [0.05, 0.1) is 31.9 Å². The van der Waals surface area contributed by atoms with Crippen LogP contribution in [0.15, 0.2) is 51.0 Å². The van der Waals surface area contributed by atoms with Gasteiger partial charge >= 0.3 is 5.63 Å². The van der Waals surface area contributed by atoms with E-state index in [1.807, 2.05) is 0 Å². The van der Waals surface area contributed by atoms with Crippen molar-refractivity contribution in [3.8, 4) is 17.3 Å². The van der Waals surface area contributed by atoms with Crippen LogP contribution in [0.25, 0.3) is 33.9 Å². The molecule has 0 radical (unpaired) electrons. The molecule has 2 heterocycles. The summed E-state index contributed by atoms with van der Waals surface area (Å²) < 4.78 is 5.36. The zero-order valence-electron chi connectivity index (χ0n) is 14.7. The molecule has 0 bridgehead atoms. The number of halogens is 4. The molecule has 2 aromatic carbocycles. The van der Waals surface area contributed by atoms with Gasteiger partial charge in [-0.1, -0.05) is 52.5 Å². The normalized spacial score (nSPS) is 11.6. The monoisotopic (exact) mass is 492 g/mol. The second-order valence-corrected chi connectivity index (χ2v) is 8.65. The third-order valence-electron chi connectivity index (χ3n) is 4.14. The van der Waals surface area contributed by atoms with Crippen LogP contribution >= 0.6 is 57.7 Å². The molecule has 0 atom stereocenters. The molecule has 4 nitrogen and oxygen atoms in total. The molecule has 0 aliphatic heterocycles. The summed E-state index contributed by atoms with van der Waals surface area (Å²) in [6.45, 7) is 0. The molecule has 9 heteroatoms. The van der Waals surface area contributed by atoms with Crippen LogP contribution in [0.4, 0.5) is 0 Å². The van der Waals surface area contributed by atoms with Gasteiger partial charge in [0.25, 0.3) is 0 Å². The Kier molecular flexibility index (Phi) is 5.88. The Balaban J connectivity index is 1.77. The Labute approximate surface area is 194 Å². The molecule has 0 amide bonds. The van der Waals surface area contributed by atoms with Crippen molar-refractivity contribution in [1.29, 1.82) is 5.26 Å². The molecule has 4 rings (SSSR count). The second kappa shape index (κ2) is 8.43. The van der Waals surface area contributed by atoms with E-state index in [-0.39, 0.29) is 16.2 Å². The fraction of sp³-hybridized carbons (Fsp3) is 0. The van der Waals surface area contributed by atoms with Crippen molar-refractivity contribution in [1.82, 2.24) is 4.98 Å². The Hall–Kier alpha value is -2.33. The maximum absolute atomic E-state index is 12.5. The van der Waals surface area contributed by atoms with E-state index in [9.17, 15) is 10.1 Å². The van der Waals surface area contributed by atoms with Crippen LogP contribution in [0.3, 0.4) is 0 Å². The van der Waals surface area contributed by atoms with Gasteiger partial charge in [0.15, 0.2) is 5.58 Å². The van der Waals surface area contributed by atoms with Crippen molar-refractivity contribution >= 4 is 80.4 Å². The predicted octanol–water partition coefficient (Wildman–Crippen LogP) is 7.59. The van der Waals surface area contributed by atoms with Gasteiger partial charge in [-0.3, -0.25) is 0 Å². The Bertz CT molecular complexity index is 1430. The highest BCUT2D eigenvalue weighted by molar-refractivity contribution is 7.11. The Morgan fingerprint density at radius 1 is 1.07 bits per heavy atom. The molecule has 0 saturated carbocycles. The van der Waals surface area contributed by atoms with Gasteiger partial charge in [-0.05, 0) is 42.0 Å². The summed E-state index contributed by atoms with van der Waals surface area (Å²) in [5.74, 6) is 0. The lowest BCUT2D eigenvalue weighted by Gasteiger charge is -2.02. The summed E-state index contributed by atoms with van der Waals surface area (Å²) >= 11 is 25.3. The highest BCUT2D eigenvalue weighted by Gasteiger charge is 2.15. The summed E-state index contributed by atoms with van der Waals surface area (Å²) in [6, 6.07) is 11.9. The molecule has 0 spiro atoms. The highest BCUT2D eigenvalue weighted by Crippen LogP contribution is 2.31. The first-order valence-electron chi connectivity index (χ1n) is 8.32. The van der Waals surface area contributed by atoms with Gasteiger partial charge in [0.2, 0.25) is 0 Å². The fourth-order valence-electron chi connectivity index (χ4n) is 2.77. The predicted molar refractivity (Wildman–Crippen MR) is 124 cm³/mol. The van der Waals surface area contributed by atoms with E-state index in [2.05, 4.69) is 11.1 Å². The van der Waals surface area contributed by atoms with E-state index >= 15 is 0 Å². The molecular weight excluding hydrogens is 486 g/mol. The van der Waals surface area contributed by atoms with Crippen molar-refractivity contribution in [2.45, 2.75) is 0 Å². The molecule has 4 aromatic rings. The Morgan fingerprint density at radius 3 is 2.60 bits per heavy atom. The number of benzene rings is 2.